The van der Waals surface area contributed by atoms with Gasteiger partial charge in [-0.2, -0.15) is 0 Å². The van der Waals surface area contributed by atoms with Crippen LogP contribution in [-0.2, 0) is 0 Å². The van der Waals surface area contributed by atoms with Crippen LogP contribution in [0.1, 0.15) is 39.0 Å². The molecule has 0 radical (unpaired) electrons. The van der Waals surface area contributed by atoms with Crippen LogP contribution in [0.4, 0.5) is 14.5 Å². The Hall–Kier alpha value is -0.830. The minimum absolute atomic E-state index is 0.116. The summed E-state index contributed by atoms with van der Waals surface area (Å²) in [5, 5.41) is 3.25. The number of anilines is 1. The van der Waals surface area contributed by atoms with Gasteiger partial charge in [-0.05, 0) is 31.2 Å². The molecule has 1 aliphatic carbocycles. The highest BCUT2D eigenvalue weighted by Crippen LogP contribution is 2.30. The second kappa shape index (κ2) is 5.87. The van der Waals surface area contributed by atoms with E-state index >= 15 is 0 Å². The van der Waals surface area contributed by atoms with E-state index < -0.39 is 11.6 Å². The minimum Gasteiger partial charge on any atom is -0.379 e. The van der Waals surface area contributed by atoms with Gasteiger partial charge in [-0.15, -0.1) is 0 Å². The van der Waals surface area contributed by atoms with E-state index in [0.717, 1.165) is 43.7 Å². The lowest BCUT2D eigenvalue weighted by molar-refractivity contribution is 0.501. The van der Waals surface area contributed by atoms with E-state index in [1.807, 2.05) is 0 Å². The Morgan fingerprint density at radius 1 is 1.17 bits per heavy atom. The van der Waals surface area contributed by atoms with Gasteiger partial charge in [0.1, 0.15) is 5.82 Å². The zero-order valence-electron chi connectivity index (χ0n) is 10.5. The summed E-state index contributed by atoms with van der Waals surface area (Å²) in [7, 11) is 0. The van der Waals surface area contributed by atoms with Gasteiger partial charge in [-0.25, -0.2) is 8.78 Å². The van der Waals surface area contributed by atoms with Gasteiger partial charge in [0, 0.05) is 12.1 Å². The lowest BCUT2D eigenvalue weighted by Crippen LogP contribution is -2.19. The first-order valence-corrected chi connectivity index (χ1v) is 6.85. The standard InChI is InChI=1S/C14H18ClF2N/c1-9-3-2-4-11(6-5-9)18-14-12(15)7-10(16)8-13(14)17/h7-9,11,18H,2-6H2,1H3. The number of hydrogen-bond donors (Lipinski definition) is 1. The lowest BCUT2D eigenvalue weighted by Gasteiger charge is -2.19. The largest absolute Gasteiger partial charge is 0.379 e. The van der Waals surface area contributed by atoms with Crippen LogP contribution in [0.2, 0.25) is 5.02 Å². The molecule has 2 rings (SSSR count). The molecule has 1 saturated carbocycles. The van der Waals surface area contributed by atoms with E-state index in [1.165, 1.54) is 6.42 Å². The van der Waals surface area contributed by atoms with Gasteiger partial charge in [-0.1, -0.05) is 31.4 Å². The third-order valence-corrected chi connectivity index (χ3v) is 3.91. The van der Waals surface area contributed by atoms with E-state index in [2.05, 4.69) is 12.2 Å². The summed E-state index contributed by atoms with van der Waals surface area (Å²) in [4.78, 5) is 0. The maximum atomic E-state index is 13.7. The van der Waals surface area contributed by atoms with Crippen molar-refractivity contribution in [3.8, 4) is 0 Å². The van der Waals surface area contributed by atoms with Crippen LogP contribution < -0.4 is 5.32 Å². The molecule has 2 unspecified atom stereocenters. The Morgan fingerprint density at radius 2 is 1.94 bits per heavy atom. The topological polar surface area (TPSA) is 12.0 Å². The molecule has 0 spiro atoms. The molecule has 0 bridgehead atoms. The van der Waals surface area contributed by atoms with Gasteiger partial charge in [0.2, 0.25) is 0 Å². The fraction of sp³-hybridized carbons (Fsp3) is 0.571. The monoisotopic (exact) mass is 273 g/mol. The highest BCUT2D eigenvalue weighted by molar-refractivity contribution is 6.33. The van der Waals surface area contributed by atoms with Crippen LogP contribution in [0.25, 0.3) is 0 Å². The Balaban J connectivity index is 2.09. The molecule has 1 fully saturated rings. The van der Waals surface area contributed by atoms with Crippen molar-refractivity contribution in [3.05, 3.63) is 28.8 Å². The van der Waals surface area contributed by atoms with Gasteiger partial charge in [0.05, 0.1) is 10.7 Å². The molecular weight excluding hydrogens is 256 g/mol. The van der Waals surface area contributed by atoms with Crippen molar-refractivity contribution < 1.29 is 8.78 Å². The number of rotatable bonds is 2. The average molecular weight is 274 g/mol. The summed E-state index contributed by atoms with van der Waals surface area (Å²) in [6, 6.07) is 2.24. The second-order valence-corrected chi connectivity index (χ2v) is 5.61. The molecular formula is C14H18ClF2N. The first-order chi connectivity index (χ1) is 8.56. The van der Waals surface area contributed by atoms with E-state index in [9.17, 15) is 8.78 Å². The normalized spacial score (nSPS) is 24.7. The van der Waals surface area contributed by atoms with Crippen molar-refractivity contribution in [2.75, 3.05) is 5.32 Å². The summed E-state index contributed by atoms with van der Waals surface area (Å²) in [6.07, 6.45) is 5.51. The summed E-state index contributed by atoms with van der Waals surface area (Å²) in [5.74, 6) is -0.528. The number of benzene rings is 1. The fourth-order valence-corrected chi connectivity index (χ4v) is 2.76. The van der Waals surface area contributed by atoms with Crippen molar-refractivity contribution in [1.82, 2.24) is 0 Å². The van der Waals surface area contributed by atoms with Crippen molar-refractivity contribution in [2.24, 2.45) is 5.92 Å². The molecule has 0 saturated heterocycles. The predicted molar refractivity (Wildman–Crippen MR) is 71.0 cm³/mol. The second-order valence-electron chi connectivity index (χ2n) is 5.20. The van der Waals surface area contributed by atoms with E-state index in [1.54, 1.807) is 0 Å². The Morgan fingerprint density at radius 3 is 2.67 bits per heavy atom. The van der Waals surface area contributed by atoms with Crippen LogP contribution in [0.5, 0.6) is 0 Å². The lowest BCUT2D eigenvalue weighted by atomic mass is 10.0. The number of halogens is 3. The molecule has 4 heteroatoms. The quantitative estimate of drug-likeness (QED) is 0.748. The molecule has 0 aliphatic heterocycles. The molecule has 1 aliphatic rings. The van der Waals surface area contributed by atoms with Gasteiger partial charge < -0.3 is 5.32 Å². The summed E-state index contributed by atoms with van der Waals surface area (Å²) >= 11 is 5.88. The smallest absolute Gasteiger partial charge is 0.150 e. The Kier molecular flexibility index (Phi) is 4.44. The van der Waals surface area contributed by atoms with Crippen LogP contribution in [0, 0.1) is 17.6 Å². The third kappa shape index (κ3) is 3.35. The van der Waals surface area contributed by atoms with Gasteiger partial charge in [0.25, 0.3) is 0 Å². The number of hydrogen-bond acceptors (Lipinski definition) is 1. The SMILES string of the molecule is CC1CCCC(Nc2c(F)cc(F)cc2Cl)CC1. The minimum atomic E-state index is -0.641. The number of nitrogens with one attached hydrogen (secondary N) is 1. The van der Waals surface area contributed by atoms with E-state index in [4.69, 9.17) is 11.6 Å². The molecule has 2 atom stereocenters. The van der Waals surface area contributed by atoms with Crippen molar-refractivity contribution in [1.29, 1.82) is 0 Å². The summed E-state index contributed by atoms with van der Waals surface area (Å²) < 4.78 is 26.6. The zero-order valence-corrected chi connectivity index (χ0v) is 11.2. The first kappa shape index (κ1) is 13.6. The van der Waals surface area contributed by atoms with E-state index in [-0.39, 0.29) is 16.8 Å². The Bertz CT molecular complexity index is 399. The maximum Gasteiger partial charge on any atom is 0.150 e. The van der Waals surface area contributed by atoms with E-state index in [0.29, 0.717) is 0 Å². The molecule has 0 amide bonds. The fourth-order valence-electron chi connectivity index (χ4n) is 2.52. The van der Waals surface area contributed by atoms with Crippen molar-refractivity contribution in [2.45, 2.75) is 45.1 Å². The van der Waals surface area contributed by atoms with Crippen molar-refractivity contribution >= 4 is 17.3 Å². The van der Waals surface area contributed by atoms with Crippen LogP contribution in [0.3, 0.4) is 0 Å². The molecule has 1 aromatic rings. The molecule has 0 aromatic heterocycles. The van der Waals surface area contributed by atoms with Gasteiger partial charge in [-0.3, -0.25) is 0 Å². The van der Waals surface area contributed by atoms with Crippen LogP contribution >= 0.6 is 11.6 Å². The predicted octanol–water partition coefficient (Wildman–Crippen LogP) is 5.00. The Labute approximate surface area is 112 Å². The molecule has 100 valence electrons. The zero-order chi connectivity index (χ0) is 13.1. The summed E-state index contributed by atoms with van der Waals surface area (Å²) in [6.45, 7) is 2.24. The summed E-state index contributed by atoms with van der Waals surface area (Å²) in [5.41, 5.74) is 0.234. The molecule has 0 heterocycles. The molecule has 1 N–H and O–H groups in total. The average Bonchev–Trinajstić information content (AvgIpc) is 2.48. The molecule has 18 heavy (non-hydrogen) atoms. The van der Waals surface area contributed by atoms with Crippen LogP contribution in [-0.4, -0.2) is 6.04 Å². The highest BCUT2D eigenvalue weighted by atomic mass is 35.5. The van der Waals surface area contributed by atoms with Gasteiger partial charge >= 0.3 is 0 Å². The van der Waals surface area contributed by atoms with Gasteiger partial charge in [0.15, 0.2) is 5.82 Å². The first-order valence-electron chi connectivity index (χ1n) is 6.47. The van der Waals surface area contributed by atoms with Crippen LogP contribution in [0.15, 0.2) is 12.1 Å². The molecule has 1 nitrogen and oxygen atoms in total. The maximum absolute atomic E-state index is 13.7. The highest BCUT2D eigenvalue weighted by Gasteiger charge is 2.19. The third-order valence-electron chi connectivity index (χ3n) is 3.61. The molecule has 1 aromatic carbocycles. The van der Waals surface area contributed by atoms with Crippen molar-refractivity contribution in [3.63, 3.8) is 0 Å².